The molecule has 1 fully saturated rings. The first-order valence-electron chi connectivity index (χ1n) is 6.99. The van der Waals surface area contributed by atoms with E-state index in [-0.39, 0.29) is 23.8 Å². The number of halogens is 2. The lowest BCUT2D eigenvalue weighted by Gasteiger charge is -2.25. The summed E-state index contributed by atoms with van der Waals surface area (Å²) in [5.41, 5.74) is 0.951. The van der Waals surface area contributed by atoms with Gasteiger partial charge in [0.2, 0.25) is 5.91 Å². The van der Waals surface area contributed by atoms with Crippen LogP contribution < -0.4 is 5.32 Å². The van der Waals surface area contributed by atoms with E-state index in [0.717, 1.165) is 36.0 Å². The van der Waals surface area contributed by atoms with Crippen molar-refractivity contribution in [2.45, 2.75) is 38.8 Å². The number of carbonyl (C=O) groups is 1. The lowest BCUT2D eigenvalue weighted by Crippen LogP contribution is -2.44. The highest BCUT2D eigenvalue weighted by molar-refractivity contribution is 9.10. The molecule has 1 aliphatic heterocycles. The van der Waals surface area contributed by atoms with Crippen molar-refractivity contribution < 1.29 is 9.18 Å². The third-order valence-electron chi connectivity index (χ3n) is 3.72. The molecule has 20 heavy (non-hydrogen) atoms. The van der Waals surface area contributed by atoms with E-state index in [1.54, 1.807) is 6.07 Å². The van der Waals surface area contributed by atoms with Gasteiger partial charge in [-0.1, -0.05) is 22.0 Å². The van der Waals surface area contributed by atoms with Crippen molar-refractivity contribution in [1.82, 2.24) is 10.2 Å². The largest absolute Gasteiger partial charge is 0.341 e. The molecule has 0 spiro atoms. The molecule has 1 N–H and O–H groups in total. The van der Waals surface area contributed by atoms with Crippen LogP contribution in [0.15, 0.2) is 22.7 Å². The zero-order chi connectivity index (χ0) is 14.7. The predicted octanol–water partition coefficient (Wildman–Crippen LogP) is 3.25. The van der Waals surface area contributed by atoms with Gasteiger partial charge in [-0.25, -0.2) is 4.39 Å². The number of nitrogens with zero attached hydrogens (tertiary/aromatic N) is 1. The highest BCUT2D eigenvalue weighted by atomic mass is 79.9. The molecule has 1 saturated heterocycles. The normalized spacial score (nSPS) is 18.1. The van der Waals surface area contributed by atoms with Gasteiger partial charge in [0.05, 0.1) is 6.04 Å². The Morgan fingerprint density at radius 2 is 2.00 bits per heavy atom. The van der Waals surface area contributed by atoms with Crippen LogP contribution in [0.5, 0.6) is 0 Å². The number of benzene rings is 1. The topological polar surface area (TPSA) is 32.3 Å². The Bertz CT molecular complexity index is 489. The van der Waals surface area contributed by atoms with Crippen LogP contribution in [0.3, 0.4) is 0 Å². The van der Waals surface area contributed by atoms with Gasteiger partial charge in [-0.2, -0.15) is 0 Å². The van der Waals surface area contributed by atoms with Crippen molar-refractivity contribution in [3.8, 4) is 0 Å². The molecule has 1 aromatic carbocycles. The zero-order valence-corrected chi connectivity index (χ0v) is 13.4. The van der Waals surface area contributed by atoms with Gasteiger partial charge < -0.3 is 4.90 Å². The highest BCUT2D eigenvalue weighted by Gasteiger charge is 2.24. The van der Waals surface area contributed by atoms with Gasteiger partial charge in [-0.3, -0.25) is 10.1 Å². The lowest BCUT2D eigenvalue weighted by atomic mass is 10.1. The number of carbonyl (C=O) groups excluding carboxylic acids is 1. The minimum absolute atomic E-state index is 0.0217. The quantitative estimate of drug-likeness (QED) is 0.910. The molecule has 2 unspecified atom stereocenters. The SMILES string of the molecule is CC(NC(C)c1ccc(F)cc1Br)C(=O)N1CCCC1. The van der Waals surface area contributed by atoms with Crippen molar-refractivity contribution in [3.63, 3.8) is 0 Å². The molecule has 0 aromatic heterocycles. The van der Waals surface area contributed by atoms with Crippen molar-refractivity contribution >= 4 is 21.8 Å². The third-order valence-corrected chi connectivity index (χ3v) is 4.40. The van der Waals surface area contributed by atoms with E-state index in [4.69, 9.17) is 0 Å². The summed E-state index contributed by atoms with van der Waals surface area (Å²) in [6.45, 7) is 5.58. The Labute approximate surface area is 127 Å². The smallest absolute Gasteiger partial charge is 0.239 e. The second-order valence-electron chi connectivity index (χ2n) is 5.31. The first-order valence-corrected chi connectivity index (χ1v) is 7.78. The van der Waals surface area contributed by atoms with Crippen LogP contribution in [0.4, 0.5) is 4.39 Å². The van der Waals surface area contributed by atoms with Crippen LogP contribution in [-0.2, 0) is 4.79 Å². The summed E-state index contributed by atoms with van der Waals surface area (Å²) in [5, 5.41) is 3.29. The maximum absolute atomic E-state index is 13.1. The molecule has 0 saturated carbocycles. The molecule has 1 aromatic rings. The van der Waals surface area contributed by atoms with Gasteiger partial charge in [0.1, 0.15) is 5.82 Å². The minimum atomic E-state index is -0.269. The third kappa shape index (κ3) is 3.58. The lowest BCUT2D eigenvalue weighted by molar-refractivity contribution is -0.132. The summed E-state index contributed by atoms with van der Waals surface area (Å²) in [6, 6.07) is 4.36. The molecule has 5 heteroatoms. The van der Waals surface area contributed by atoms with Gasteiger partial charge in [0, 0.05) is 23.6 Å². The highest BCUT2D eigenvalue weighted by Crippen LogP contribution is 2.24. The van der Waals surface area contributed by atoms with Crippen molar-refractivity contribution in [2.75, 3.05) is 13.1 Å². The Morgan fingerprint density at radius 3 is 2.60 bits per heavy atom. The number of amides is 1. The average Bonchev–Trinajstić information content (AvgIpc) is 2.91. The Kier molecular flexibility index (Phi) is 5.16. The molecule has 1 heterocycles. The molecule has 110 valence electrons. The second kappa shape index (κ2) is 6.68. The monoisotopic (exact) mass is 342 g/mol. The van der Waals surface area contributed by atoms with Gasteiger partial charge in [0.25, 0.3) is 0 Å². The van der Waals surface area contributed by atoms with Crippen molar-refractivity contribution in [2.24, 2.45) is 0 Å². The van der Waals surface area contributed by atoms with E-state index in [0.29, 0.717) is 0 Å². The summed E-state index contributed by atoms with van der Waals surface area (Å²) in [5.74, 6) is -0.124. The van der Waals surface area contributed by atoms with Crippen LogP contribution in [0, 0.1) is 5.82 Å². The summed E-state index contributed by atoms with van der Waals surface area (Å²) < 4.78 is 13.8. The Morgan fingerprint density at radius 1 is 1.35 bits per heavy atom. The minimum Gasteiger partial charge on any atom is -0.341 e. The Balaban J connectivity index is 1.99. The number of hydrogen-bond acceptors (Lipinski definition) is 2. The van der Waals surface area contributed by atoms with E-state index < -0.39 is 0 Å². The number of rotatable bonds is 4. The van der Waals surface area contributed by atoms with Gasteiger partial charge >= 0.3 is 0 Å². The zero-order valence-electron chi connectivity index (χ0n) is 11.8. The molecule has 1 amide bonds. The summed E-state index contributed by atoms with van der Waals surface area (Å²) in [4.78, 5) is 14.1. The van der Waals surface area contributed by atoms with Crippen LogP contribution in [-0.4, -0.2) is 29.9 Å². The van der Waals surface area contributed by atoms with Crippen molar-refractivity contribution in [1.29, 1.82) is 0 Å². The molecule has 2 atom stereocenters. The molecule has 3 nitrogen and oxygen atoms in total. The van der Waals surface area contributed by atoms with Crippen LogP contribution in [0.1, 0.15) is 38.3 Å². The molecule has 0 radical (unpaired) electrons. The molecule has 0 aliphatic carbocycles. The van der Waals surface area contributed by atoms with Gasteiger partial charge in [0.15, 0.2) is 0 Å². The average molecular weight is 343 g/mol. The second-order valence-corrected chi connectivity index (χ2v) is 6.16. The van der Waals surface area contributed by atoms with Crippen LogP contribution in [0.25, 0.3) is 0 Å². The summed E-state index contributed by atoms with van der Waals surface area (Å²) in [6.07, 6.45) is 2.19. The van der Waals surface area contributed by atoms with Gasteiger partial charge in [-0.15, -0.1) is 0 Å². The van der Waals surface area contributed by atoms with Crippen LogP contribution >= 0.6 is 15.9 Å². The Hall–Kier alpha value is -0.940. The van der Waals surface area contributed by atoms with Crippen LogP contribution in [0.2, 0.25) is 0 Å². The fourth-order valence-corrected chi connectivity index (χ4v) is 3.29. The fourth-order valence-electron chi connectivity index (χ4n) is 2.60. The van der Waals surface area contributed by atoms with E-state index in [1.165, 1.54) is 12.1 Å². The maximum Gasteiger partial charge on any atom is 0.239 e. The number of likely N-dealkylation sites (tertiary alicyclic amines) is 1. The summed E-state index contributed by atoms with van der Waals surface area (Å²) >= 11 is 3.37. The predicted molar refractivity (Wildman–Crippen MR) is 80.9 cm³/mol. The number of hydrogen-bond donors (Lipinski definition) is 1. The molecule has 1 aliphatic rings. The molecular weight excluding hydrogens is 323 g/mol. The van der Waals surface area contributed by atoms with Crippen molar-refractivity contribution in [3.05, 3.63) is 34.1 Å². The number of nitrogens with one attached hydrogen (secondary N) is 1. The summed E-state index contributed by atoms with van der Waals surface area (Å²) in [7, 11) is 0. The first kappa shape index (κ1) is 15.4. The first-order chi connectivity index (χ1) is 9.49. The van der Waals surface area contributed by atoms with E-state index in [2.05, 4.69) is 21.2 Å². The maximum atomic E-state index is 13.1. The molecular formula is C15H20BrFN2O. The van der Waals surface area contributed by atoms with E-state index in [9.17, 15) is 9.18 Å². The standard InChI is InChI=1S/C15H20BrFN2O/c1-10(13-6-5-12(17)9-14(13)16)18-11(2)15(20)19-7-3-4-8-19/h5-6,9-11,18H,3-4,7-8H2,1-2H3. The van der Waals surface area contributed by atoms with E-state index in [1.807, 2.05) is 18.7 Å². The van der Waals surface area contributed by atoms with E-state index >= 15 is 0 Å². The fraction of sp³-hybridized carbons (Fsp3) is 0.533. The van der Waals surface area contributed by atoms with Gasteiger partial charge in [-0.05, 0) is 44.4 Å². The molecule has 2 rings (SSSR count). The molecule has 0 bridgehead atoms.